The molecule has 1 aromatic rings. The molecule has 0 spiro atoms. The summed E-state index contributed by atoms with van der Waals surface area (Å²) in [6, 6.07) is 3.61. The molecular formula is C15H20ClN3O. The topological polar surface area (TPSA) is 60.5 Å². The highest BCUT2D eigenvalue weighted by atomic mass is 35.5. The summed E-state index contributed by atoms with van der Waals surface area (Å²) in [6.07, 6.45) is 5.48. The Morgan fingerprint density at radius 2 is 2.40 bits per heavy atom. The lowest BCUT2D eigenvalue weighted by atomic mass is 10.1. The van der Waals surface area contributed by atoms with E-state index in [0.29, 0.717) is 23.2 Å². The van der Waals surface area contributed by atoms with E-state index in [1.54, 1.807) is 18.5 Å². The quantitative estimate of drug-likeness (QED) is 0.819. The monoisotopic (exact) mass is 293 g/mol. The van der Waals surface area contributed by atoms with Crippen molar-refractivity contribution >= 4 is 23.4 Å². The molecule has 20 heavy (non-hydrogen) atoms. The van der Waals surface area contributed by atoms with Crippen LogP contribution in [-0.4, -0.2) is 24.0 Å². The number of pyridine rings is 1. The van der Waals surface area contributed by atoms with Gasteiger partial charge < -0.3 is 10.5 Å². The van der Waals surface area contributed by atoms with Crippen LogP contribution < -0.4 is 5.73 Å². The van der Waals surface area contributed by atoms with Gasteiger partial charge in [-0.1, -0.05) is 11.6 Å². The fraction of sp³-hybridized carbons (Fsp3) is 0.467. The Kier molecular flexibility index (Phi) is 5.15. The molecule has 0 aliphatic heterocycles. The lowest BCUT2D eigenvalue weighted by Crippen LogP contribution is -2.09. The first-order valence-electron chi connectivity index (χ1n) is 6.88. The molecule has 0 saturated heterocycles. The van der Waals surface area contributed by atoms with Gasteiger partial charge in [-0.05, 0) is 44.7 Å². The third-order valence-electron chi connectivity index (χ3n) is 3.16. The number of nitrogens with two attached hydrogens (primary N) is 1. The summed E-state index contributed by atoms with van der Waals surface area (Å²) >= 11 is 6.22. The first-order valence-corrected chi connectivity index (χ1v) is 7.26. The second-order valence-corrected chi connectivity index (χ2v) is 5.22. The van der Waals surface area contributed by atoms with Crippen LogP contribution in [0.1, 0.15) is 32.4 Å². The molecule has 1 aliphatic carbocycles. The van der Waals surface area contributed by atoms with Crippen LogP contribution in [-0.2, 0) is 4.74 Å². The Bertz CT molecular complexity index is 524. The third kappa shape index (κ3) is 3.81. The van der Waals surface area contributed by atoms with Crippen molar-refractivity contribution in [1.29, 1.82) is 0 Å². The predicted octanol–water partition coefficient (Wildman–Crippen LogP) is 3.27. The van der Waals surface area contributed by atoms with E-state index < -0.39 is 0 Å². The van der Waals surface area contributed by atoms with Crippen molar-refractivity contribution in [2.75, 3.05) is 6.61 Å². The SMILES string of the molecule is CCOC(C)N=CC(=C(N)C1CC1)c1ncccc1Cl. The molecule has 1 unspecified atom stereocenters. The number of hydrogen-bond donors (Lipinski definition) is 1. The first kappa shape index (κ1) is 15.0. The largest absolute Gasteiger partial charge is 0.401 e. The smallest absolute Gasteiger partial charge is 0.145 e. The zero-order chi connectivity index (χ0) is 14.5. The molecule has 1 atom stereocenters. The van der Waals surface area contributed by atoms with Crippen LogP contribution >= 0.6 is 11.6 Å². The van der Waals surface area contributed by atoms with E-state index in [-0.39, 0.29) is 6.23 Å². The number of allylic oxidation sites excluding steroid dienone is 2. The van der Waals surface area contributed by atoms with Gasteiger partial charge in [-0.3, -0.25) is 9.98 Å². The molecule has 1 saturated carbocycles. The zero-order valence-electron chi connectivity index (χ0n) is 11.8. The highest BCUT2D eigenvalue weighted by molar-refractivity contribution is 6.33. The second kappa shape index (κ2) is 6.86. The summed E-state index contributed by atoms with van der Waals surface area (Å²) in [6.45, 7) is 4.46. The Balaban J connectivity index is 2.32. The van der Waals surface area contributed by atoms with Crippen LogP contribution in [0.2, 0.25) is 5.02 Å². The van der Waals surface area contributed by atoms with Crippen LogP contribution in [0.25, 0.3) is 5.57 Å². The van der Waals surface area contributed by atoms with Gasteiger partial charge in [0.1, 0.15) is 6.23 Å². The summed E-state index contributed by atoms with van der Waals surface area (Å²) in [4.78, 5) is 8.71. The molecule has 4 nitrogen and oxygen atoms in total. The lowest BCUT2D eigenvalue weighted by molar-refractivity contribution is 0.0836. The minimum atomic E-state index is -0.204. The summed E-state index contributed by atoms with van der Waals surface area (Å²) in [7, 11) is 0. The van der Waals surface area contributed by atoms with Gasteiger partial charge in [-0.2, -0.15) is 0 Å². The van der Waals surface area contributed by atoms with Crippen molar-refractivity contribution in [1.82, 2.24) is 4.98 Å². The van der Waals surface area contributed by atoms with Crippen molar-refractivity contribution in [2.45, 2.75) is 32.9 Å². The predicted molar refractivity (Wildman–Crippen MR) is 82.7 cm³/mol. The average molecular weight is 294 g/mol. The second-order valence-electron chi connectivity index (χ2n) is 4.81. The zero-order valence-corrected chi connectivity index (χ0v) is 12.6. The average Bonchev–Trinajstić information content (AvgIpc) is 3.25. The van der Waals surface area contributed by atoms with Gasteiger partial charge in [0.25, 0.3) is 0 Å². The third-order valence-corrected chi connectivity index (χ3v) is 3.47. The summed E-state index contributed by atoms with van der Waals surface area (Å²) < 4.78 is 5.40. The van der Waals surface area contributed by atoms with Gasteiger partial charge in [0.05, 0.1) is 10.7 Å². The molecule has 108 valence electrons. The minimum Gasteiger partial charge on any atom is -0.401 e. The van der Waals surface area contributed by atoms with Gasteiger partial charge in [0, 0.05) is 30.3 Å². The summed E-state index contributed by atoms with van der Waals surface area (Å²) in [5.74, 6) is 0.428. The Morgan fingerprint density at radius 1 is 1.65 bits per heavy atom. The molecule has 0 amide bonds. The Morgan fingerprint density at radius 3 is 3.00 bits per heavy atom. The molecular weight excluding hydrogens is 274 g/mol. The number of aromatic nitrogens is 1. The number of halogens is 1. The number of hydrogen-bond acceptors (Lipinski definition) is 4. The van der Waals surface area contributed by atoms with E-state index in [1.807, 2.05) is 19.9 Å². The van der Waals surface area contributed by atoms with Gasteiger partial charge in [-0.15, -0.1) is 0 Å². The first-order chi connectivity index (χ1) is 9.63. The van der Waals surface area contributed by atoms with Gasteiger partial charge in [0.15, 0.2) is 0 Å². The van der Waals surface area contributed by atoms with Crippen molar-refractivity contribution in [2.24, 2.45) is 16.6 Å². The lowest BCUT2D eigenvalue weighted by Gasteiger charge is -2.10. The molecule has 0 bridgehead atoms. The van der Waals surface area contributed by atoms with Crippen LogP contribution in [0.5, 0.6) is 0 Å². The van der Waals surface area contributed by atoms with Crippen molar-refractivity contribution in [3.63, 3.8) is 0 Å². The van der Waals surface area contributed by atoms with Gasteiger partial charge in [-0.25, -0.2) is 0 Å². The maximum Gasteiger partial charge on any atom is 0.145 e. The summed E-state index contributed by atoms with van der Waals surface area (Å²) in [5.41, 5.74) is 8.55. The van der Waals surface area contributed by atoms with E-state index in [9.17, 15) is 0 Å². The van der Waals surface area contributed by atoms with Crippen molar-refractivity contribution < 1.29 is 4.74 Å². The van der Waals surface area contributed by atoms with E-state index in [4.69, 9.17) is 22.1 Å². The number of aliphatic imine (C=N–C) groups is 1. The standard InChI is InChI=1S/C15H20ClN3O/c1-3-20-10(2)19-9-12(14(17)11-6-7-11)15-13(16)5-4-8-18-15/h4-5,8-11H,3,6-7,17H2,1-2H3. The van der Waals surface area contributed by atoms with E-state index in [1.165, 1.54) is 0 Å². The van der Waals surface area contributed by atoms with Crippen molar-refractivity contribution in [3.05, 3.63) is 34.7 Å². The molecule has 1 fully saturated rings. The molecule has 5 heteroatoms. The Hall–Kier alpha value is -1.39. The number of ether oxygens (including phenoxy) is 1. The van der Waals surface area contributed by atoms with E-state index >= 15 is 0 Å². The van der Waals surface area contributed by atoms with Crippen LogP contribution in [0.4, 0.5) is 0 Å². The maximum absolute atomic E-state index is 6.23. The molecule has 0 aromatic carbocycles. The molecule has 1 aliphatic rings. The van der Waals surface area contributed by atoms with E-state index in [2.05, 4.69) is 9.98 Å². The molecule has 0 radical (unpaired) electrons. The highest BCUT2D eigenvalue weighted by Gasteiger charge is 2.27. The number of nitrogens with zero attached hydrogens (tertiary/aromatic N) is 2. The van der Waals surface area contributed by atoms with Gasteiger partial charge in [0.2, 0.25) is 0 Å². The number of rotatable bonds is 6. The molecule has 2 rings (SSSR count). The summed E-state index contributed by atoms with van der Waals surface area (Å²) in [5, 5.41) is 0.585. The van der Waals surface area contributed by atoms with Crippen molar-refractivity contribution in [3.8, 4) is 0 Å². The Labute approximate surface area is 124 Å². The van der Waals surface area contributed by atoms with E-state index in [0.717, 1.165) is 24.1 Å². The molecule has 1 aromatic heterocycles. The van der Waals surface area contributed by atoms with Crippen LogP contribution in [0, 0.1) is 5.92 Å². The highest BCUT2D eigenvalue weighted by Crippen LogP contribution is 2.37. The fourth-order valence-electron chi connectivity index (χ4n) is 1.93. The molecule has 2 N–H and O–H groups in total. The van der Waals surface area contributed by atoms with Crippen LogP contribution in [0.15, 0.2) is 29.0 Å². The fourth-order valence-corrected chi connectivity index (χ4v) is 2.16. The minimum absolute atomic E-state index is 0.204. The normalized spacial score (nSPS) is 18.1. The molecule has 1 heterocycles. The maximum atomic E-state index is 6.23. The van der Waals surface area contributed by atoms with Crippen LogP contribution in [0.3, 0.4) is 0 Å². The van der Waals surface area contributed by atoms with Gasteiger partial charge >= 0.3 is 0 Å².